The van der Waals surface area contributed by atoms with Crippen LogP contribution in [0.5, 0.6) is 0 Å². The van der Waals surface area contributed by atoms with Crippen LogP contribution in [0.3, 0.4) is 0 Å². The van der Waals surface area contributed by atoms with Gasteiger partial charge >= 0.3 is 24.1 Å². The summed E-state index contributed by atoms with van der Waals surface area (Å²) in [5, 5.41) is 2.75. The third-order valence-corrected chi connectivity index (χ3v) is 6.49. The first-order valence-corrected chi connectivity index (χ1v) is 11.8. The number of cyclic esters (lactones) is 1. The van der Waals surface area contributed by atoms with Crippen LogP contribution in [-0.4, -0.2) is 79.9 Å². The molecule has 10 heteroatoms. The predicted octanol–water partition coefficient (Wildman–Crippen LogP) is 3.32. The monoisotopic (exact) mass is 495 g/mol. The van der Waals surface area contributed by atoms with Gasteiger partial charge in [-0.2, -0.15) is 0 Å². The normalized spacial score (nSPS) is 17.9. The summed E-state index contributed by atoms with van der Waals surface area (Å²) < 4.78 is 14.8. The molecule has 2 aliphatic rings. The molecule has 0 spiro atoms. The van der Waals surface area contributed by atoms with Gasteiger partial charge in [-0.25, -0.2) is 19.2 Å². The highest BCUT2D eigenvalue weighted by Crippen LogP contribution is 2.26. The summed E-state index contributed by atoms with van der Waals surface area (Å²) >= 11 is 0. The highest BCUT2D eigenvalue weighted by molar-refractivity contribution is 5.99. The van der Waals surface area contributed by atoms with E-state index in [0.717, 1.165) is 5.56 Å². The Kier molecular flexibility index (Phi) is 7.72. The molecule has 2 aromatic carbocycles. The van der Waals surface area contributed by atoms with E-state index in [9.17, 15) is 19.2 Å². The smallest absolute Gasteiger partial charge is 0.410 e. The van der Waals surface area contributed by atoms with Gasteiger partial charge in [-0.05, 0) is 43.0 Å². The van der Waals surface area contributed by atoms with Gasteiger partial charge in [0.1, 0.15) is 6.61 Å². The molecule has 10 nitrogen and oxygen atoms in total. The Morgan fingerprint density at radius 1 is 0.972 bits per heavy atom. The lowest BCUT2D eigenvalue weighted by Crippen LogP contribution is -2.51. The number of nitrogens with one attached hydrogen (secondary N) is 1. The van der Waals surface area contributed by atoms with Gasteiger partial charge in [-0.15, -0.1) is 0 Å². The molecule has 1 N–H and O–H groups in total. The fourth-order valence-corrected chi connectivity index (χ4v) is 4.68. The molecule has 2 saturated heterocycles. The van der Waals surface area contributed by atoms with E-state index in [1.165, 1.54) is 32.4 Å². The van der Waals surface area contributed by atoms with E-state index in [0.29, 0.717) is 39.0 Å². The van der Waals surface area contributed by atoms with Crippen molar-refractivity contribution >= 4 is 29.8 Å². The number of ether oxygens (including phenoxy) is 3. The summed E-state index contributed by atoms with van der Waals surface area (Å²) in [4.78, 5) is 52.9. The minimum absolute atomic E-state index is 0.0219. The van der Waals surface area contributed by atoms with Crippen LogP contribution in [0.4, 0.5) is 15.3 Å². The summed E-state index contributed by atoms with van der Waals surface area (Å²) in [6, 6.07) is 13.8. The minimum atomic E-state index is -0.639. The Morgan fingerprint density at radius 3 is 2.17 bits per heavy atom. The summed E-state index contributed by atoms with van der Waals surface area (Å²) in [6.07, 6.45) is 1.63. The molecule has 36 heavy (non-hydrogen) atoms. The number of hydrogen-bond donors (Lipinski definition) is 1. The van der Waals surface area contributed by atoms with E-state index in [1.54, 1.807) is 4.90 Å². The molecule has 0 bridgehead atoms. The molecule has 1 atom stereocenters. The number of amides is 3. The topological polar surface area (TPSA) is 114 Å². The average molecular weight is 496 g/mol. The Hall–Kier alpha value is -4.08. The molecule has 190 valence electrons. The molecule has 2 aromatic rings. The zero-order valence-corrected chi connectivity index (χ0v) is 20.3. The molecular formula is C26H29N3O7. The molecular weight excluding hydrogens is 466 g/mol. The number of hydrogen-bond acceptors (Lipinski definition) is 7. The summed E-state index contributed by atoms with van der Waals surface area (Å²) in [5.41, 5.74) is 1.65. The van der Waals surface area contributed by atoms with Gasteiger partial charge in [0, 0.05) is 24.8 Å². The lowest BCUT2D eigenvalue weighted by Gasteiger charge is -2.37. The number of benzene rings is 2. The lowest BCUT2D eigenvalue weighted by atomic mass is 9.99. The summed E-state index contributed by atoms with van der Waals surface area (Å²) in [6.45, 7) is 1.24. The standard InChI is InChI=1S/C26H29N3O7/c1-34-23(30)18-13-19(24(31)35-2)15-20(14-18)27-25(32)28-10-8-21(9-11-28)29-22(16-36-26(29)33)12-17-6-4-3-5-7-17/h3-7,13-15,21-22H,8-12,16H2,1-2H3,(H,27,32). The van der Waals surface area contributed by atoms with Crippen molar-refractivity contribution in [2.45, 2.75) is 31.3 Å². The molecule has 1 unspecified atom stereocenters. The number of piperidine rings is 1. The van der Waals surface area contributed by atoms with Crippen LogP contribution in [0, 0.1) is 0 Å². The number of likely N-dealkylation sites (tertiary alicyclic amines) is 1. The van der Waals surface area contributed by atoms with Crippen molar-refractivity contribution in [3.8, 4) is 0 Å². The number of urea groups is 1. The molecule has 3 amide bonds. The van der Waals surface area contributed by atoms with E-state index in [2.05, 4.69) is 5.32 Å². The van der Waals surface area contributed by atoms with Crippen LogP contribution in [0.2, 0.25) is 0 Å². The van der Waals surface area contributed by atoms with E-state index in [-0.39, 0.29) is 41.0 Å². The maximum absolute atomic E-state index is 12.9. The van der Waals surface area contributed by atoms with Crippen LogP contribution in [0.1, 0.15) is 39.1 Å². The fraction of sp³-hybridized carbons (Fsp3) is 0.385. The molecule has 0 saturated carbocycles. The van der Waals surface area contributed by atoms with Crippen molar-refractivity contribution in [3.05, 3.63) is 65.2 Å². The molecule has 2 aliphatic heterocycles. The van der Waals surface area contributed by atoms with E-state index in [4.69, 9.17) is 14.2 Å². The number of esters is 2. The number of anilines is 1. The van der Waals surface area contributed by atoms with Crippen LogP contribution in [-0.2, 0) is 20.6 Å². The minimum Gasteiger partial charge on any atom is -0.465 e. The zero-order valence-electron chi connectivity index (χ0n) is 20.3. The van der Waals surface area contributed by atoms with Crippen molar-refractivity contribution in [3.63, 3.8) is 0 Å². The SMILES string of the molecule is COC(=O)c1cc(NC(=O)N2CCC(N3C(=O)OCC3Cc3ccccc3)CC2)cc(C(=O)OC)c1. The van der Waals surface area contributed by atoms with Gasteiger partial charge in [0.05, 0.1) is 31.4 Å². The lowest BCUT2D eigenvalue weighted by molar-refractivity contribution is 0.0599. The van der Waals surface area contributed by atoms with Crippen LogP contribution >= 0.6 is 0 Å². The van der Waals surface area contributed by atoms with E-state index >= 15 is 0 Å². The molecule has 0 aliphatic carbocycles. The first kappa shape index (κ1) is 25.0. The summed E-state index contributed by atoms with van der Waals surface area (Å²) in [5.74, 6) is -1.28. The quantitative estimate of drug-likeness (QED) is 0.483. The van der Waals surface area contributed by atoms with Gasteiger partial charge in [0.15, 0.2) is 0 Å². The molecule has 2 heterocycles. The molecule has 4 rings (SSSR count). The number of methoxy groups -OCH3 is 2. The van der Waals surface area contributed by atoms with Gasteiger partial charge in [-0.1, -0.05) is 30.3 Å². The molecule has 0 radical (unpaired) electrons. The Labute approximate surface area is 209 Å². The predicted molar refractivity (Wildman–Crippen MR) is 130 cm³/mol. The second-order valence-corrected chi connectivity index (χ2v) is 8.76. The van der Waals surface area contributed by atoms with Crippen molar-refractivity contribution in [2.24, 2.45) is 0 Å². The highest BCUT2D eigenvalue weighted by atomic mass is 16.6. The number of carbonyl (C=O) groups excluding carboxylic acids is 4. The second kappa shape index (κ2) is 11.1. The zero-order chi connectivity index (χ0) is 25.7. The van der Waals surface area contributed by atoms with E-state index < -0.39 is 11.9 Å². The first-order valence-electron chi connectivity index (χ1n) is 11.8. The number of rotatable bonds is 6. The Bertz CT molecular complexity index is 1100. The second-order valence-electron chi connectivity index (χ2n) is 8.76. The van der Waals surface area contributed by atoms with Crippen LogP contribution < -0.4 is 5.32 Å². The summed E-state index contributed by atoms with van der Waals surface area (Å²) in [7, 11) is 2.46. The molecule has 2 fully saturated rings. The van der Waals surface area contributed by atoms with Gasteiger partial charge in [-0.3, -0.25) is 4.90 Å². The number of nitrogens with zero attached hydrogens (tertiary/aromatic N) is 2. The fourth-order valence-electron chi connectivity index (χ4n) is 4.68. The maximum atomic E-state index is 12.9. The van der Waals surface area contributed by atoms with Gasteiger partial charge in [0.25, 0.3) is 0 Å². The van der Waals surface area contributed by atoms with Crippen molar-refractivity contribution in [1.82, 2.24) is 9.80 Å². The van der Waals surface area contributed by atoms with Crippen molar-refractivity contribution in [1.29, 1.82) is 0 Å². The Balaban J connectivity index is 1.39. The third kappa shape index (κ3) is 5.59. The van der Waals surface area contributed by atoms with Crippen LogP contribution in [0.15, 0.2) is 48.5 Å². The van der Waals surface area contributed by atoms with Crippen molar-refractivity contribution < 1.29 is 33.4 Å². The van der Waals surface area contributed by atoms with Gasteiger partial charge < -0.3 is 24.4 Å². The largest absolute Gasteiger partial charge is 0.465 e. The molecule has 0 aromatic heterocycles. The van der Waals surface area contributed by atoms with Gasteiger partial charge in [0.2, 0.25) is 0 Å². The first-order chi connectivity index (χ1) is 17.4. The maximum Gasteiger partial charge on any atom is 0.410 e. The highest BCUT2D eigenvalue weighted by Gasteiger charge is 2.39. The van der Waals surface area contributed by atoms with Crippen molar-refractivity contribution in [2.75, 3.05) is 39.2 Å². The van der Waals surface area contributed by atoms with E-state index in [1.807, 2.05) is 35.2 Å². The number of carbonyl (C=O) groups is 4. The average Bonchev–Trinajstić information content (AvgIpc) is 3.27. The third-order valence-electron chi connectivity index (χ3n) is 6.49. The van der Waals surface area contributed by atoms with Crippen LogP contribution in [0.25, 0.3) is 0 Å². The Morgan fingerprint density at radius 2 is 1.58 bits per heavy atom.